The van der Waals surface area contributed by atoms with Gasteiger partial charge < -0.3 is 10.2 Å². The normalized spacial score (nSPS) is 15.9. The molecule has 1 saturated heterocycles. The highest BCUT2D eigenvalue weighted by Gasteiger charge is 2.29. The number of nitrogens with one attached hydrogen (secondary N) is 1. The van der Waals surface area contributed by atoms with E-state index in [-0.39, 0.29) is 11.4 Å². The first-order valence-corrected chi connectivity index (χ1v) is 6.49. The first-order valence-electron chi connectivity index (χ1n) is 6.49. The van der Waals surface area contributed by atoms with Gasteiger partial charge in [0.2, 0.25) is 0 Å². The molecule has 0 aliphatic carbocycles. The number of hydrogen-bond acceptors (Lipinski definition) is 4. The molecule has 0 saturated carbocycles. The van der Waals surface area contributed by atoms with Gasteiger partial charge in [-0.2, -0.15) is 0 Å². The van der Waals surface area contributed by atoms with E-state index in [0.717, 1.165) is 13.1 Å². The van der Waals surface area contributed by atoms with Crippen molar-refractivity contribution in [3.05, 3.63) is 24.5 Å². The van der Waals surface area contributed by atoms with Crippen molar-refractivity contribution < 1.29 is 4.79 Å². The molecule has 1 aromatic heterocycles. The maximum Gasteiger partial charge on any atom is 0.276 e. The fourth-order valence-electron chi connectivity index (χ4n) is 1.94. The molecule has 2 heterocycles. The summed E-state index contributed by atoms with van der Waals surface area (Å²) in [6, 6.07) is 0.316. The van der Waals surface area contributed by atoms with Gasteiger partial charge in [-0.1, -0.05) is 11.3 Å². The molecule has 1 aromatic rings. The lowest BCUT2D eigenvalue weighted by atomic mass is 10.1. The summed E-state index contributed by atoms with van der Waals surface area (Å²) in [4.78, 5) is 14.2. The highest BCUT2D eigenvalue weighted by Crippen LogP contribution is 2.17. The third kappa shape index (κ3) is 2.84. The first-order chi connectivity index (χ1) is 8.93. The zero-order valence-corrected chi connectivity index (χ0v) is 11.8. The second-order valence-electron chi connectivity index (χ2n) is 5.77. The minimum atomic E-state index is -0.271. The van der Waals surface area contributed by atoms with Gasteiger partial charge in [-0.15, -0.1) is 11.7 Å². The van der Waals surface area contributed by atoms with Crippen molar-refractivity contribution in [1.29, 1.82) is 0 Å². The number of carbonyl (C=O) groups excluding carboxylic acids is 1. The Morgan fingerprint density at radius 1 is 1.63 bits per heavy atom. The lowest BCUT2D eigenvalue weighted by Crippen LogP contribution is -2.46. The number of rotatable bonds is 4. The maximum absolute atomic E-state index is 12.5. The third-order valence-corrected chi connectivity index (χ3v) is 3.23. The summed E-state index contributed by atoms with van der Waals surface area (Å²) in [5.41, 5.74) is 0.122. The molecule has 19 heavy (non-hydrogen) atoms. The number of nitrogens with zero attached hydrogens (tertiary/aromatic N) is 4. The van der Waals surface area contributed by atoms with E-state index in [9.17, 15) is 4.79 Å². The molecular weight excluding hydrogens is 242 g/mol. The van der Waals surface area contributed by atoms with Crippen LogP contribution in [0.25, 0.3) is 0 Å². The van der Waals surface area contributed by atoms with Gasteiger partial charge in [-0.3, -0.25) is 4.79 Å². The van der Waals surface area contributed by atoms with E-state index in [1.807, 2.05) is 20.8 Å². The molecule has 0 unspecified atom stereocenters. The summed E-state index contributed by atoms with van der Waals surface area (Å²) >= 11 is 0. The quantitative estimate of drug-likeness (QED) is 0.818. The zero-order valence-electron chi connectivity index (χ0n) is 11.8. The predicted octanol–water partition coefficient (Wildman–Crippen LogP) is 0.849. The van der Waals surface area contributed by atoms with E-state index in [0.29, 0.717) is 18.3 Å². The van der Waals surface area contributed by atoms with Crippen LogP contribution in [0.4, 0.5) is 0 Å². The van der Waals surface area contributed by atoms with Crippen LogP contribution in [0, 0.1) is 0 Å². The fraction of sp³-hybridized carbons (Fsp3) is 0.615. The van der Waals surface area contributed by atoms with Gasteiger partial charge in [0.25, 0.3) is 5.91 Å². The molecule has 0 radical (unpaired) electrons. The van der Waals surface area contributed by atoms with Crippen LogP contribution < -0.4 is 5.32 Å². The van der Waals surface area contributed by atoms with Gasteiger partial charge in [-0.05, 0) is 20.8 Å². The Bertz CT molecular complexity index is 470. The lowest BCUT2D eigenvalue weighted by molar-refractivity contribution is 0.0610. The number of carbonyl (C=O) groups is 1. The summed E-state index contributed by atoms with van der Waals surface area (Å²) in [6.45, 7) is 11.9. The standard InChI is InChI=1S/C13H21N5O/c1-5-6-17(13(2,3)4)12(19)11-9-18(16-15-11)10-7-14-8-10/h5,9-10,14H,1,6-8H2,2-4H3. The number of hydrogen-bond donors (Lipinski definition) is 1. The molecule has 0 aromatic carbocycles. The third-order valence-electron chi connectivity index (χ3n) is 3.23. The summed E-state index contributed by atoms with van der Waals surface area (Å²) in [5, 5.41) is 11.2. The average molecular weight is 263 g/mol. The van der Waals surface area contributed by atoms with Gasteiger partial charge in [-0.25, -0.2) is 4.68 Å². The molecule has 1 aliphatic rings. The number of amides is 1. The molecule has 0 atom stereocenters. The van der Waals surface area contributed by atoms with E-state index >= 15 is 0 Å². The van der Waals surface area contributed by atoms with Crippen LogP contribution in [0.5, 0.6) is 0 Å². The van der Waals surface area contributed by atoms with E-state index in [1.165, 1.54) is 0 Å². The molecule has 1 fully saturated rings. The van der Waals surface area contributed by atoms with Crippen molar-refractivity contribution in [3.8, 4) is 0 Å². The molecule has 0 bridgehead atoms. The number of aromatic nitrogens is 3. The molecule has 6 nitrogen and oxygen atoms in total. The van der Waals surface area contributed by atoms with Gasteiger partial charge in [0, 0.05) is 25.2 Å². The summed E-state index contributed by atoms with van der Waals surface area (Å²) in [7, 11) is 0. The van der Waals surface area contributed by atoms with Crippen molar-refractivity contribution in [1.82, 2.24) is 25.2 Å². The Kier molecular flexibility index (Phi) is 3.71. The highest BCUT2D eigenvalue weighted by atomic mass is 16.2. The smallest absolute Gasteiger partial charge is 0.276 e. The lowest BCUT2D eigenvalue weighted by Gasteiger charge is -2.34. The maximum atomic E-state index is 12.5. The zero-order chi connectivity index (χ0) is 14.0. The molecule has 104 valence electrons. The molecular formula is C13H21N5O. The Morgan fingerprint density at radius 3 is 2.79 bits per heavy atom. The minimum Gasteiger partial charge on any atom is -0.329 e. The van der Waals surface area contributed by atoms with Crippen LogP contribution >= 0.6 is 0 Å². The second kappa shape index (κ2) is 5.13. The van der Waals surface area contributed by atoms with Crippen molar-refractivity contribution in [2.45, 2.75) is 32.4 Å². The molecule has 0 spiro atoms. The van der Waals surface area contributed by atoms with Crippen LogP contribution in [-0.2, 0) is 0 Å². The van der Waals surface area contributed by atoms with Crippen molar-refractivity contribution in [2.75, 3.05) is 19.6 Å². The second-order valence-corrected chi connectivity index (χ2v) is 5.77. The summed E-state index contributed by atoms with van der Waals surface area (Å²) < 4.78 is 1.76. The predicted molar refractivity (Wildman–Crippen MR) is 72.9 cm³/mol. The van der Waals surface area contributed by atoms with Gasteiger partial charge in [0.05, 0.1) is 12.2 Å². The Balaban J connectivity index is 2.16. The van der Waals surface area contributed by atoms with Crippen molar-refractivity contribution >= 4 is 5.91 Å². The molecule has 2 rings (SSSR count). The summed E-state index contributed by atoms with van der Waals surface area (Å²) in [6.07, 6.45) is 3.46. The fourth-order valence-corrected chi connectivity index (χ4v) is 1.94. The van der Waals surface area contributed by atoms with E-state index < -0.39 is 0 Å². The average Bonchev–Trinajstić information content (AvgIpc) is 2.70. The van der Waals surface area contributed by atoms with Crippen LogP contribution in [0.3, 0.4) is 0 Å². The van der Waals surface area contributed by atoms with Crippen molar-refractivity contribution in [3.63, 3.8) is 0 Å². The van der Waals surface area contributed by atoms with Crippen molar-refractivity contribution in [2.24, 2.45) is 0 Å². The molecule has 1 amide bonds. The van der Waals surface area contributed by atoms with Crippen LogP contribution in [0.15, 0.2) is 18.9 Å². The monoisotopic (exact) mass is 263 g/mol. The van der Waals surface area contributed by atoms with Crippen LogP contribution in [-0.4, -0.2) is 51.0 Å². The van der Waals surface area contributed by atoms with E-state index in [1.54, 1.807) is 21.9 Å². The largest absolute Gasteiger partial charge is 0.329 e. The minimum absolute atomic E-state index is 0.106. The SMILES string of the molecule is C=CCN(C(=O)c1cn(C2CNC2)nn1)C(C)(C)C. The molecule has 6 heteroatoms. The Labute approximate surface area is 113 Å². The van der Waals surface area contributed by atoms with Gasteiger partial charge in [0.15, 0.2) is 5.69 Å². The molecule has 1 N–H and O–H groups in total. The Hall–Kier alpha value is -1.69. The van der Waals surface area contributed by atoms with Crippen LogP contribution in [0.1, 0.15) is 37.3 Å². The Morgan fingerprint density at radius 2 is 2.32 bits per heavy atom. The topological polar surface area (TPSA) is 63.1 Å². The first kappa shape index (κ1) is 13.7. The molecule has 1 aliphatic heterocycles. The van der Waals surface area contributed by atoms with Gasteiger partial charge in [0.1, 0.15) is 0 Å². The van der Waals surface area contributed by atoms with E-state index in [2.05, 4.69) is 22.2 Å². The van der Waals surface area contributed by atoms with E-state index in [4.69, 9.17) is 0 Å². The van der Waals surface area contributed by atoms with Crippen LogP contribution in [0.2, 0.25) is 0 Å². The van der Waals surface area contributed by atoms with Gasteiger partial charge >= 0.3 is 0 Å². The highest BCUT2D eigenvalue weighted by molar-refractivity contribution is 5.92. The summed E-state index contributed by atoms with van der Waals surface area (Å²) in [5.74, 6) is -0.106.